The van der Waals surface area contributed by atoms with Crippen molar-refractivity contribution >= 4 is 5.91 Å². The van der Waals surface area contributed by atoms with E-state index in [9.17, 15) is 13.6 Å². The number of nitrogens with zero attached hydrogens (tertiary/aromatic N) is 2. The summed E-state index contributed by atoms with van der Waals surface area (Å²) in [6.07, 6.45) is 4.62. The highest BCUT2D eigenvalue weighted by Gasteiger charge is 2.48. The fourth-order valence-corrected chi connectivity index (χ4v) is 3.42. The second-order valence-electron chi connectivity index (χ2n) is 6.49. The number of hydrogen-bond donors (Lipinski definition) is 1. The van der Waals surface area contributed by atoms with E-state index < -0.39 is 17.2 Å². The number of carbonyl (C=O) groups excluding carboxylic acids is 1. The Morgan fingerprint density at radius 3 is 2.68 bits per heavy atom. The third-order valence-corrected chi connectivity index (χ3v) is 4.97. The minimum atomic E-state index is -0.877. The molecular formula is C19H21F2N3O. The molecule has 2 aromatic rings. The summed E-state index contributed by atoms with van der Waals surface area (Å²) in [4.78, 5) is 18.3. The maximum atomic E-state index is 13.4. The molecule has 1 amide bonds. The Morgan fingerprint density at radius 1 is 1.24 bits per heavy atom. The first kappa shape index (κ1) is 17.5. The summed E-state index contributed by atoms with van der Waals surface area (Å²) in [5.74, 6) is -2.11. The highest BCUT2D eigenvalue weighted by atomic mass is 19.2. The molecule has 6 heteroatoms. The summed E-state index contributed by atoms with van der Waals surface area (Å²) in [5, 5.41) is 0. The summed E-state index contributed by atoms with van der Waals surface area (Å²) in [7, 11) is 0. The van der Waals surface area contributed by atoms with Crippen LogP contribution < -0.4 is 5.73 Å². The lowest BCUT2D eigenvalue weighted by molar-refractivity contribution is -0.141. The molecule has 0 saturated carbocycles. The van der Waals surface area contributed by atoms with Gasteiger partial charge in [-0.25, -0.2) is 8.78 Å². The van der Waals surface area contributed by atoms with Crippen LogP contribution in [-0.4, -0.2) is 27.9 Å². The Labute approximate surface area is 145 Å². The molecular weight excluding hydrogens is 324 g/mol. The van der Waals surface area contributed by atoms with E-state index in [1.165, 1.54) is 12.1 Å². The van der Waals surface area contributed by atoms with Crippen LogP contribution in [0.4, 0.5) is 8.78 Å². The summed E-state index contributed by atoms with van der Waals surface area (Å²) < 4.78 is 26.5. The van der Waals surface area contributed by atoms with Gasteiger partial charge in [0.05, 0.1) is 0 Å². The molecule has 132 valence electrons. The Balaban J connectivity index is 1.65. The monoisotopic (exact) mass is 345 g/mol. The maximum Gasteiger partial charge on any atom is 0.238 e. The van der Waals surface area contributed by atoms with Crippen LogP contribution in [0.1, 0.15) is 30.5 Å². The third-order valence-electron chi connectivity index (χ3n) is 4.97. The summed E-state index contributed by atoms with van der Waals surface area (Å²) in [6, 6.07) is 9.58. The number of benzene rings is 1. The second kappa shape index (κ2) is 7.27. The Bertz CT molecular complexity index is 754. The van der Waals surface area contributed by atoms with Crippen LogP contribution in [0.2, 0.25) is 0 Å². The number of hydrogen-bond acceptors (Lipinski definition) is 3. The zero-order chi connectivity index (χ0) is 17.9. The summed E-state index contributed by atoms with van der Waals surface area (Å²) in [6.45, 7) is 1.09. The molecule has 4 nitrogen and oxygen atoms in total. The Hall–Kier alpha value is -2.34. The molecule has 1 aliphatic rings. The first-order chi connectivity index (χ1) is 12.0. The number of rotatable bonds is 7. The molecule has 1 aromatic heterocycles. The number of primary amides is 1. The van der Waals surface area contributed by atoms with E-state index in [4.69, 9.17) is 5.73 Å². The average Bonchev–Trinajstić information content (AvgIpc) is 2.59. The molecule has 0 spiro atoms. The van der Waals surface area contributed by atoms with E-state index in [0.29, 0.717) is 31.5 Å². The van der Waals surface area contributed by atoms with E-state index in [-0.39, 0.29) is 5.91 Å². The molecule has 1 fully saturated rings. The standard InChI is InChI=1S/C19H21F2N3O/c20-16-7-6-14(12-17(16)21)13-24-11-9-19(24,18(22)25)8-3-5-15-4-1-2-10-23-15/h1-2,4,6-7,10,12H,3,5,8-9,11,13H2,(H2,22,25). The number of carbonyl (C=O) groups is 1. The van der Waals surface area contributed by atoms with Crippen molar-refractivity contribution < 1.29 is 13.6 Å². The van der Waals surface area contributed by atoms with Gasteiger partial charge in [-0.1, -0.05) is 12.1 Å². The number of amides is 1. The topological polar surface area (TPSA) is 59.2 Å². The predicted octanol–water partition coefficient (Wildman–Crippen LogP) is 2.81. The minimum Gasteiger partial charge on any atom is -0.368 e. The lowest BCUT2D eigenvalue weighted by Gasteiger charge is -2.51. The zero-order valence-electron chi connectivity index (χ0n) is 13.9. The van der Waals surface area contributed by atoms with Gasteiger partial charge in [-0.15, -0.1) is 0 Å². The minimum absolute atomic E-state index is 0.359. The number of halogens is 2. The van der Waals surface area contributed by atoms with Crippen molar-refractivity contribution in [3.05, 3.63) is 65.5 Å². The summed E-state index contributed by atoms with van der Waals surface area (Å²) in [5.41, 5.74) is 6.58. The predicted molar refractivity (Wildman–Crippen MR) is 90.5 cm³/mol. The van der Waals surface area contributed by atoms with Gasteiger partial charge in [0.1, 0.15) is 5.54 Å². The van der Waals surface area contributed by atoms with Crippen LogP contribution in [0.5, 0.6) is 0 Å². The number of pyridine rings is 1. The molecule has 0 aliphatic carbocycles. The molecule has 2 heterocycles. The molecule has 1 aromatic carbocycles. The lowest BCUT2D eigenvalue weighted by Crippen LogP contribution is -2.66. The average molecular weight is 345 g/mol. The smallest absolute Gasteiger partial charge is 0.238 e. The van der Waals surface area contributed by atoms with Crippen molar-refractivity contribution in [3.8, 4) is 0 Å². The van der Waals surface area contributed by atoms with Gasteiger partial charge >= 0.3 is 0 Å². The van der Waals surface area contributed by atoms with Crippen molar-refractivity contribution in [2.45, 2.75) is 37.8 Å². The number of likely N-dealkylation sites (tertiary alicyclic amines) is 1. The number of aromatic nitrogens is 1. The van der Waals surface area contributed by atoms with Crippen LogP contribution in [-0.2, 0) is 17.8 Å². The second-order valence-corrected chi connectivity index (χ2v) is 6.49. The van der Waals surface area contributed by atoms with Gasteiger partial charge < -0.3 is 5.73 Å². The van der Waals surface area contributed by atoms with Crippen molar-refractivity contribution in [1.29, 1.82) is 0 Å². The van der Waals surface area contributed by atoms with E-state index >= 15 is 0 Å². The first-order valence-corrected chi connectivity index (χ1v) is 8.40. The largest absolute Gasteiger partial charge is 0.368 e. The molecule has 0 bridgehead atoms. The zero-order valence-corrected chi connectivity index (χ0v) is 13.9. The van der Waals surface area contributed by atoms with Gasteiger partial charge in [0.15, 0.2) is 11.6 Å². The van der Waals surface area contributed by atoms with Crippen LogP contribution in [0.25, 0.3) is 0 Å². The molecule has 1 saturated heterocycles. The maximum absolute atomic E-state index is 13.4. The fraction of sp³-hybridized carbons (Fsp3) is 0.368. The van der Waals surface area contributed by atoms with E-state index in [1.54, 1.807) is 6.20 Å². The molecule has 2 N–H and O–H groups in total. The van der Waals surface area contributed by atoms with Gasteiger partial charge in [0.2, 0.25) is 5.91 Å². The number of aryl methyl sites for hydroxylation is 1. The van der Waals surface area contributed by atoms with E-state index in [2.05, 4.69) is 4.98 Å². The van der Waals surface area contributed by atoms with Gasteiger partial charge in [0, 0.05) is 25.0 Å². The normalized spacial score (nSPS) is 20.2. The third kappa shape index (κ3) is 3.69. The van der Waals surface area contributed by atoms with Crippen molar-refractivity contribution in [3.63, 3.8) is 0 Å². The van der Waals surface area contributed by atoms with Gasteiger partial charge in [0.25, 0.3) is 0 Å². The molecule has 1 atom stereocenters. The van der Waals surface area contributed by atoms with Crippen LogP contribution in [0, 0.1) is 11.6 Å². The van der Waals surface area contributed by atoms with Gasteiger partial charge in [-0.2, -0.15) is 0 Å². The van der Waals surface area contributed by atoms with Gasteiger partial charge in [-0.3, -0.25) is 14.7 Å². The lowest BCUT2D eigenvalue weighted by atomic mass is 9.79. The van der Waals surface area contributed by atoms with Crippen molar-refractivity contribution in [2.24, 2.45) is 5.73 Å². The Morgan fingerprint density at radius 2 is 2.08 bits per heavy atom. The van der Waals surface area contributed by atoms with Crippen LogP contribution >= 0.6 is 0 Å². The van der Waals surface area contributed by atoms with E-state index in [1.807, 2.05) is 23.1 Å². The molecule has 1 aliphatic heterocycles. The summed E-state index contributed by atoms with van der Waals surface area (Å²) >= 11 is 0. The number of nitrogens with two attached hydrogens (primary N) is 1. The van der Waals surface area contributed by atoms with Crippen LogP contribution in [0.15, 0.2) is 42.6 Å². The quantitative estimate of drug-likeness (QED) is 0.839. The molecule has 0 radical (unpaired) electrons. The SMILES string of the molecule is NC(=O)C1(CCCc2ccccn2)CCN1Cc1ccc(F)c(F)c1. The Kier molecular flexibility index (Phi) is 5.08. The van der Waals surface area contributed by atoms with Crippen LogP contribution in [0.3, 0.4) is 0 Å². The molecule has 1 unspecified atom stereocenters. The highest BCUT2D eigenvalue weighted by Crippen LogP contribution is 2.36. The fourth-order valence-electron chi connectivity index (χ4n) is 3.42. The van der Waals surface area contributed by atoms with Gasteiger partial charge in [-0.05, 0) is 55.5 Å². The molecule has 25 heavy (non-hydrogen) atoms. The van der Waals surface area contributed by atoms with Crippen molar-refractivity contribution in [2.75, 3.05) is 6.54 Å². The molecule has 3 rings (SSSR count). The first-order valence-electron chi connectivity index (χ1n) is 8.40. The van der Waals surface area contributed by atoms with Crippen molar-refractivity contribution in [1.82, 2.24) is 9.88 Å². The highest BCUT2D eigenvalue weighted by molar-refractivity contribution is 5.85. The van der Waals surface area contributed by atoms with E-state index in [0.717, 1.165) is 24.6 Å².